The second-order valence-electron chi connectivity index (χ2n) is 3.53. The van der Waals surface area contributed by atoms with Crippen LogP contribution in [0.1, 0.15) is 26.2 Å². The van der Waals surface area contributed by atoms with Crippen LogP contribution < -0.4 is 0 Å². The molecule has 0 radical (unpaired) electrons. The van der Waals surface area contributed by atoms with Crippen molar-refractivity contribution in [1.29, 1.82) is 0 Å². The van der Waals surface area contributed by atoms with Gasteiger partial charge in [0.1, 0.15) is 0 Å². The minimum atomic E-state index is -0.429. The number of esters is 1. The summed E-state index contributed by atoms with van der Waals surface area (Å²) in [5, 5.41) is 9.68. The third-order valence-corrected chi connectivity index (χ3v) is 2.46. The number of aliphatic hydroxyl groups is 1. The fourth-order valence-electron chi connectivity index (χ4n) is 1.59. The second-order valence-corrected chi connectivity index (χ2v) is 3.53. The van der Waals surface area contributed by atoms with Gasteiger partial charge in [-0.15, -0.1) is 0 Å². The van der Waals surface area contributed by atoms with Crippen LogP contribution in [0.25, 0.3) is 0 Å². The van der Waals surface area contributed by atoms with Crippen LogP contribution in [-0.4, -0.2) is 37.0 Å². The van der Waals surface area contributed by atoms with Crippen molar-refractivity contribution in [2.75, 3.05) is 19.8 Å². The van der Waals surface area contributed by atoms with Gasteiger partial charge in [0.25, 0.3) is 0 Å². The van der Waals surface area contributed by atoms with Gasteiger partial charge in [-0.2, -0.15) is 0 Å². The third kappa shape index (κ3) is 3.64. The van der Waals surface area contributed by atoms with E-state index in [1.807, 2.05) is 0 Å². The Morgan fingerprint density at radius 3 is 3.07 bits per heavy atom. The molecule has 1 rings (SSSR count). The molecule has 2 unspecified atom stereocenters. The molecule has 0 aliphatic carbocycles. The van der Waals surface area contributed by atoms with Gasteiger partial charge in [0.05, 0.1) is 19.3 Å². The first-order chi connectivity index (χ1) is 6.74. The van der Waals surface area contributed by atoms with Crippen molar-refractivity contribution in [1.82, 2.24) is 0 Å². The van der Waals surface area contributed by atoms with Crippen LogP contribution in [-0.2, 0) is 14.3 Å². The largest absolute Gasteiger partial charge is 0.466 e. The Bertz CT molecular complexity index is 175. The van der Waals surface area contributed by atoms with Crippen molar-refractivity contribution in [3.05, 3.63) is 0 Å². The molecule has 1 aliphatic heterocycles. The van der Waals surface area contributed by atoms with Gasteiger partial charge in [0.2, 0.25) is 0 Å². The van der Waals surface area contributed by atoms with E-state index in [0.717, 1.165) is 13.0 Å². The van der Waals surface area contributed by atoms with Crippen molar-refractivity contribution in [3.8, 4) is 0 Å². The maximum absolute atomic E-state index is 11.0. The summed E-state index contributed by atoms with van der Waals surface area (Å²) in [6.45, 7) is 3.52. The molecule has 4 heteroatoms. The first-order valence-electron chi connectivity index (χ1n) is 5.15. The summed E-state index contributed by atoms with van der Waals surface area (Å²) in [6.07, 6.45) is 1.24. The molecular formula is C10H18O4. The topological polar surface area (TPSA) is 55.8 Å². The summed E-state index contributed by atoms with van der Waals surface area (Å²) in [4.78, 5) is 11.0. The zero-order valence-corrected chi connectivity index (χ0v) is 8.57. The average Bonchev–Trinajstić information content (AvgIpc) is 2.67. The number of ether oxygens (including phenoxy) is 2. The van der Waals surface area contributed by atoms with E-state index in [0.29, 0.717) is 26.1 Å². The summed E-state index contributed by atoms with van der Waals surface area (Å²) >= 11 is 0. The molecule has 1 saturated heterocycles. The van der Waals surface area contributed by atoms with E-state index < -0.39 is 6.10 Å². The number of aliphatic hydroxyl groups excluding tert-OH is 1. The third-order valence-electron chi connectivity index (χ3n) is 2.46. The standard InChI is InChI=1S/C10H18O4/c1-2-14-10(12)4-3-9(11)8-5-6-13-7-8/h8-9,11H,2-7H2,1H3. The van der Waals surface area contributed by atoms with E-state index >= 15 is 0 Å². The van der Waals surface area contributed by atoms with E-state index in [1.54, 1.807) is 6.92 Å². The molecule has 4 nitrogen and oxygen atoms in total. The SMILES string of the molecule is CCOC(=O)CCC(O)C1CCOC1. The maximum atomic E-state index is 11.0. The number of hydrogen-bond donors (Lipinski definition) is 1. The Labute approximate surface area is 84.2 Å². The van der Waals surface area contributed by atoms with Crippen LogP contribution in [0.3, 0.4) is 0 Å². The van der Waals surface area contributed by atoms with Crippen LogP contribution in [0.15, 0.2) is 0 Å². The molecule has 0 aromatic rings. The van der Waals surface area contributed by atoms with E-state index in [1.165, 1.54) is 0 Å². The minimum Gasteiger partial charge on any atom is -0.466 e. The Morgan fingerprint density at radius 2 is 2.50 bits per heavy atom. The lowest BCUT2D eigenvalue weighted by molar-refractivity contribution is -0.143. The van der Waals surface area contributed by atoms with Crippen molar-refractivity contribution in [2.45, 2.75) is 32.3 Å². The van der Waals surface area contributed by atoms with Crippen molar-refractivity contribution < 1.29 is 19.4 Å². The molecular weight excluding hydrogens is 184 g/mol. The lowest BCUT2D eigenvalue weighted by atomic mass is 9.98. The molecule has 0 amide bonds. The van der Waals surface area contributed by atoms with Crippen LogP contribution in [0.2, 0.25) is 0 Å². The van der Waals surface area contributed by atoms with Crippen molar-refractivity contribution in [3.63, 3.8) is 0 Å². The Hall–Kier alpha value is -0.610. The molecule has 1 aliphatic rings. The smallest absolute Gasteiger partial charge is 0.305 e. The van der Waals surface area contributed by atoms with E-state index in [9.17, 15) is 9.90 Å². The van der Waals surface area contributed by atoms with Crippen molar-refractivity contribution >= 4 is 5.97 Å². The zero-order valence-electron chi connectivity index (χ0n) is 8.57. The highest BCUT2D eigenvalue weighted by molar-refractivity contribution is 5.69. The van der Waals surface area contributed by atoms with Gasteiger partial charge in [0, 0.05) is 18.9 Å². The normalized spacial score (nSPS) is 23.4. The monoisotopic (exact) mass is 202 g/mol. The molecule has 1 fully saturated rings. The van der Waals surface area contributed by atoms with Gasteiger partial charge >= 0.3 is 5.97 Å². The Morgan fingerprint density at radius 1 is 1.71 bits per heavy atom. The minimum absolute atomic E-state index is 0.199. The van der Waals surface area contributed by atoms with E-state index in [-0.39, 0.29) is 11.9 Å². The molecule has 2 atom stereocenters. The molecule has 0 bridgehead atoms. The fraction of sp³-hybridized carbons (Fsp3) is 0.900. The molecule has 1 heterocycles. The summed E-state index contributed by atoms with van der Waals surface area (Å²) in [5.41, 5.74) is 0. The van der Waals surface area contributed by atoms with Gasteiger partial charge in [-0.25, -0.2) is 0 Å². The first kappa shape index (κ1) is 11.5. The molecule has 0 aromatic heterocycles. The van der Waals surface area contributed by atoms with Gasteiger partial charge < -0.3 is 14.6 Å². The average molecular weight is 202 g/mol. The molecule has 14 heavy (non-hydrogen) atoms. The fourth-order valence-corrected chi connectivity index (χ4v) is 1.59. The van der Waals surface area contributed by atoms with Crippen LogP contribution in [0.5, 0.6) is 0 Å². The number of rotatable bonds is 5. The maximum Gasteiger partial charge on any atom is 0.305 e. The second kappa shape index (κ2) is 5.98. The van der Waals surface area contributed by atoms with E-state index in [2.05, 4.69) is 0 Å². The van der Waals surface area contributed by atoms with Gasteiger partial charge in [-0.1, -0.05) is 0 Å². The first-order valence-corrected chi connectivity index (χ1v) is 5.15. The molecule has 82 valence electrons. The highest BCUT2D eigenvalue weighted by Crippen LogP contribution is 2.19. The summed E-state index contributed by atoms with van der Waals surface area (Å²) in [6, 6.07) is 0. The number of carbonyl (C=O) groups is 1. The van der Waals surface area contributed by atoms with Crippen LogP contribution in [0.4, 0.5) is 0 Å². The summed E-state index contributed by atoms with van der Waals surface area (Å²) in [5.74, 6) is -0.0325. The number of carbonyl (C=O) groups excluding carboxylic acids is 1. The van der Waals surface area contributed by atoms with Gasteiger partial charge in [0.15, 0.2) is 0 Å². The Kier molecular flexibility index (Phi) is 4.90. The lowest BCUT2D eigenvalue weighted by Gasteiger charge is -2.15. The summed E-state index contributed by atoms with van der Waals surface area (Å²) in [7, 11) is 0. The van der Waals surface area contributed by atoms with Crippen molar-refractivity contribution in [2.24, 2.45) is 5.92 Å². The lowest BCUT2D eigenvalue weighted by Crippen LogP contribution is -2.22. The quantitative estimate of drug-likeness (QED) is 0.668. The highest BCUT2D eigenvalue weighted by atomic mass is 16.5. The Balaban J connectivity index is 2.13. The number of hydrogen-bond acceptors (Lipinski definition) is 4. The predicted octanol–water partition coefficient (Wildman–Crippen LogP) is 0.727. The molecule has 1 N–H and O–H groups in total. The molecule has 0 saturated carbocycles. The van der Waals surface area contributed by atoms with E-state index in [4.69, 9.17) is 9.47 Å². The predicted molar refractivity (Wildman–Crippen MR) is 50.8 cm³/mol. The van der Waals surface area contributed by atoms with Crippen LogP contribution in [0, 0.1) is 5.92 Å². The summed E-state index contributed by atoms with van der Waals surface area (Å²) < 4.78 is 9.93. The van der Waals surface area contributed by atoms with Gasteiger partial charge in [-0.3, -0.25) is 4.79 Å². The highest BCUT2D eigenvalue weighted by Gasteiger charge is 2.24. The molecule has 0 spiro atoms. The molecule has 0 aromatic carbocycles. The van der Waals surface area contributed by atoms with Gasteiger partial charge in [-0.05, 0) is 19.8 Å². The zero-order chi connectivity index (χ0) is 10.4. The van der Waals surface area contributed by atoms with Crippen LogP contribution >= 0.6 is 0 Å².